The molecule has 0 radical (unpaired) electrons. The van der Waals surface area contributed by atoms with Crippen molar-refractivity contribution in [2.75, 3.05) is 7.11 Å². The largest absolute Gasteiger partial charge is 0.464 e. The number of nitrogens with one attached hydrogen (secondary N) is 1. The van der Waals surface area contributed by atoms with Gasteiger partial charge in [-0.25, -0.2) is 4.79 Å². The summed E-state index contributed by atoms with van der Waals surface area (Å²) in [4.78, 5) is 14.4. The Balaban J connectivity index is 2.08. The van der Waals surface area contributed by atoms with Crippen LogP contribution in [0.25, 0.3) is 0 Å². The van der Waals surface area contributed by atoms with Crippen LogP contribution in [0.15, 0.2) is 6.20 Å². The highest BCUT2D eigenvalue weighted by molar-refractivity contribution is 6.34. The zero-order valence-corrected chi connectivity index (χ0v) is 14.8. The number of ether oxygens (including phenoxy) is 1. The van der Waals surface area contributed by atoms with E-state index in [9.17, 15) is 4.79 Å². The molecule has 1 N–H and O–H groups in total. The predicted octanol–water partition coefficient (Wildman–Crippen LogP) is 5.92. The topological polar surface area (TPSA) is 42.1 Å². The molecule has 0 aliphatic carbocycles. The highest BCUT2D eigenvalue weighted by Crippen LogP contribution is 2.23. The second kappa shape index (κ2) is 11.6. The fourth-order valence-corrected chi connectivity index (χ4v) is 2.96. The van der Waals surface area contributed by atoms with Crippen molar-refractivity contribution in [3.8, 4) is 0 Å². The lowest BCUT2D eigenvalue weighted by Crippen LogP contribution is -2.01. The number of aryl methyl sites for hydroxylation is 1. The van der Waals surface area contributed by atoms with Crippen molar-refractivity contribution >= 4 is 17.6 Å². The lowest BCUT2D eigenvalue weighted by atomic mass is 10.0. The van der Waals surface area contributed by atoms with E-state index < -0.39 is 5.97 Å². The molecule has 22 heavy (non-hydrogen) atoms. The molecular weight excluding hydrogens is 298 g/mol. The van der Waals surface area contributed by atoms with Gasteiger partial charge in [0.25, 0.3) is 0 Å². The lowest BCUT2D eigenvalue weighted by Gasteiger charge is -2.02. The molecule has 0 spiro atoms. The molecule has 1 rings (SSSR count). The van der Waals surface area contributed by atoms with Crippen LogP contribution in [0.3, 0.4) is 0 Å². The highest BCUT2D eigenvalue weighted by atomic mass is 35.5. The van der Waals surface area contributed by atoms with Gasteiger partial charge in [-0.05, 0) is 18.4 Å². The average molecular weight is 328 g/mol. The second-order valence-electron chi connectivity index (χ2n) is 5.93. The summed E-state index contributed by atoms with van der Waals surface area (Å²) in [5, 5.41) is 0.516. The number of carbonyl (C=O) groups excluding carboxylic acids is 1. The van der Waals surface area contributed by atoms with Crippen LogP contribution in [0.1, 0.15) is 87.2 Å². The molecule has 0 fully saturated rings. The summed E-state index contributed by atoms with van der Waals surface area (Å²) in [5.74, 6) is -0.403. The van der Waals surface area contributed by atoms with E-state index in [-0.39, 0.29) is 0 Å². The first kappa shape index (κ1) is 19.1. The first-order valence-corrected chi connectivity index (χ1v) is 9.02. The van der Waals surface area contributed by atoms with Crippen LogP contribution in [0.4, 0.5) is 0 Å². The van der Waals surface area contributed by atoms with E-state index in [0.29, 0.717) is 10.7 Å². The maximum Gasteiger partial charge on any atom is 0.356 e. The van der Waals surface area contributed by atoms with Crippen LogP contribution in [0.2, 0.25) is 5.02 Å². The number of hydrogen-bond donors (Lipinski definition) is 1. The zero-order valence-electron chi connectivity index (χ0n) is 14.0. The van der Waals surface area contributed by atoms with Gasteiger partial charge in [-0.3, -0.25) is 0 Å². The molecule has 0 aliphatic heterocycles. The monoisotopic (exact) mass is 327 g/mol. The minimum absolute atomic E-state index is 0.367. The minimum atomic E-state index is -0.403. The molecule has 0 amide bonds. The van der Waals surface area contributed by atoms with Crippen molar-refractivity contribution in [3.63, 3.8) is 0 Å². The Bertz CT molecular complexity index is 429. The quantitative estimate of drug-likeness (QED) is 0.382. The Morgan fingerprint density at radius 1 is 1.05 bits per heavy atom. The fourth-order valence-electron chi connectivity index (χ4n) is 2.68. The van der Waals surface area contributed by atoms with Crippen molar-refractivity contribution in [1.82, 2.24) is 4.98 Å². The molecule has 1 aromatic heterocycles. The van der Waals surface area contributed by atoms with E-state index in [1.807, 2.05) is 6.20 Å². The van der Waals surface area contributed by atoms with Gasteiger partial charge in [-0.2, -0.15) is 0 Å². The Kier molecular flexibility index (Phi) is 10.1. The number of unbranched alkanes of at least 4 members (excludes halogenated alkanes) is 9. The van der Waals surface area contributed by atoms with Gasteiger partial charge < -0.3 is 9.72 Å². The summed E-state index contributed by atoms with van der Waals surface area (Å²) in [6.07, 6.45) is 15.9. The summed E-state index contributed by atoms with van der Waals surface area (Å²) in [6, 6.07) is 0. The van der Waals surface area contributed by atoms with Gasteiger partial charge in [0, 0.05) is 6.20 Å². The van der Waals surface area contributed by atoms with Gasteiger partial charge in [-0.15, -0.1) is 0 Å². The number of carbonyl (C=O) groups is 1. The molecule has 0 unspecified atom stereocenters. The third-order valence-corrected chi connectivity index (χ3v) is 4.51. The smallest absolute Gasteiger partial charge is 0.356 e. The molecule has 0 aliphatic rings. The third kappa shape index (κ3) is 6.87. The Morgan fingerprint density at radius 3 is 2.14 bits per heavy atom. The summed E-state index contributed by atoms with van der Waals surface area (Å²) in [7, 11) is 1.36. The molecule has 4 heteroatoms. The number of aromatic nitrogens is 1. The van der Waals surface area contributed by atoms with Crippen LogP contribution in [0.5, 0.6) is 0 Å². The van der Waals surface area contributed by atoms with Gasteiger partial charge in [-0.1, -0.05) is 76.3 Å². The van der Waals surface area contributed by atoms with Gasteiger partial charge in [0.15, 0.2) is 0 Å². The van der Waals surface area contributed by atoms with E-state index in [2.05, 4.69) is 16.6 Å². The van der Waals surface area contributed by atoms with Crippen LogP contribution < -0.4 is 0 Å². The molecule has 1 aromatic rings. The Morgan fingerprint density at radius 2 is 1.59 bits per heavy atom. The second-order valence-corrected chi connectivity index (χ2v) is 6.30. The maximum absolute atomic E-state index is 11.5. The maximum atomic E-state index is 11.5. The SMILES string of the molecule is CCCCCCCCCCCCc1c[nH]c(C(=O)OC)c1Cl. The normalized spacial score (nSPS) is 10.9. The first-order valence-electron chi connectivity index (χ1n) is 8.64. The Labute approximate surface area is 139 Å². The van der Waals surface area contributed by atoms with Crippen LogP contribution in [-0.2, 0) is 11.2 Å². The van der Waals surface area contributed by atoms with E-state index in [1.54, 1.807) is 0 Å². The summed E-state index contributed by atoms with van der Waals surface area (Å²) < 4.78 is 4.68. The standard InChI is InChI=1S/C18H30ClNO2/c1-3-4-5-6-7-8-9-10-11-12-13-15-14-20-17(16(15)19)18(21)22-2/h14,20H,3-13H2,1-2H3. The van der Waals surface area contributed by atoms with E-state index in [0.717, 1.165) is 18.4 Å². The first-order chi connectivity index (χ1) is 10.7. The molecule has 1 heterocycles. The average Bonchev–Trinajstić information content (AvgIpc) is 2.89. The highest BCUT2D eigenvalue weighted by Gasteiger charge is 2.15. The van der Waals surface area contributed by atoms with Gasteiger partial charge in [0.05, 0.1) is 12.1 Å². The van der Waals surface area contributed by atoms with Gasteiger partial charge in [0.2, 0.25) is 0 Å². The van der Waals surface area contributed by atoms with Crippen LogP contribution in [0, 0.1) is 0 Å². The van der Waals surface area contributed by atoms with Gasteiger partial charge >= 0.3 is 5.97 Å². The number of esters is 1. The predicted molar refractivity (Wildman–Crippen MR) is 92.7 cm³/mol. The van der Waals surface area contributed by atoms with Gasteiger partial charge in [0.1, 0.15) is 5.69 Å². The van der Waals surface area contributed by atoms with E-state index in [4.69, 9.17) is 11.6 Å². The Hall–Kier alpha value is -0.960. The summed E-state index contributed by atoms with van der Waals surface area (Å²) in [6.45, 7) is 2.25. The molecule has 0 aromatic carbocycles. The summed E-state index contributed by atoms with van der Waals surface area (Å²) in [5.41, 5.74) is 1.38. The zero-order chi connectivity index (χ0) is 16.2. The molecule has 0 bridgehead atoms. The molecular formula is C18H30ClNO2. The van der Waals surface area contributed by atoms with Crippen molar-refractivity contribution in [2.45, 2.75) is 77.6 Å². The minimum Gasteiger partial charge on any atom is -0.464 e. The van der Waals surface area contributed by atoms with Crippen molar-refractivity contribution in [1.29, 1.82) is 0 Å². The molecule has 0 saturated carbocycles. The number of aromatic amines is 1. The molecule has 0 saturated heterocycles. The van der Waals surface area contributed by atoms with E-state index in [1.165, 1.54) is 64.9 Å². The van der Waals surface area contributed by atoms with Crippen molar-refractivity contribution in [2.24, 2.45) is 0 Å². The van der Waals surface area contributed by atoms with Crippen molar-refractivity contribution < 1.29 is 9.53 Å². The third-order valence-electron chi connectivity index (χ3n) is 4.08. The fraction of sp³-hybridized carbons (Fsp3) is 0.722. The molecule has 3 nitrogen and oxygen atoms in total. The van der Waals surface area contributed by atoms with Crippen LogP contribution >= 0.6 is 11.6 Å². The summed E-state index contributed by atoms with van der Waals surface area (Å²) >= 11 is 6.19. The molecule has 126 valence electrons. The number of hydrogen-bond acceptors (Lipinski definition) is 2. The van der Waals surface area contributed by atoms with Crippen LogP contribution in [-0.4, -0.2) is 18.1 Å². The lowest BCUT2D eigenvalue weighted by molar-refractivity contribution is 0.0595. The molecule has 0 atom stereocenters. The number of methoxy groups -OCH3 is 1. The number of H-pyrrole nitrogens is 1. The van der Waals surface area contributed by atoms with Crippen molar-refractivity contribution in [3.05, 3.63) is 22.5 Å². The number of halogens is 1. The van der Waals surface area contributed by atoms with E-state index >= 15 is 0 Å². The number of rotatable bonds is 12.